The molecule has 1 heterocycles. The van der Waals surface area contributed by atoms with Crippen LogP contribution in [-0.4, -0.2) is 37.2 Å². The van der Waals surface area contributed by atoms with Crippen LogP contribution < -0.4 is 14.2 Å². The highest BCUT2D eigenvalue weighted by Gasteiger charge is 2.18. The van der Waals surface area contributed by atoms with Crippen LogP contribution in [0, 0.1) is 5.92 Å². The largest absolute Gasteiger partial charge is 0.489 e. The number of hydrogen-bond acceptors (Lipinski definition) is 7. The quantitative estimate of drug-likeness (QED) is 0.512. The number of benzene rings is 2. The van der Waals surface area contributed by atoms with Gasteiger partial charge in [0.2, 0.25) is 15.9 Å². The lowest BCUT2D eigenvalue weighted by Gasteiger charge is -2.24. The van der Waals surface area contributed by atoms with Gasteiger partial charge in [-0.1, -0.05) is 30.7 Å². The van der Waals surface area contributed by atoms with E-state index in [0.29, 0.717) is 24.2 Å². The zero-order chi connectivity index (χ0) is 23.3. The van der Waals surface area contributed by atoms with Crippen molar-refractivity contribution in [2.24, 2.45) is 5.92 Å². The SMILES string of the molecule is CS(=O)(=O)NC(=O)c1ccc(COc2cccc(-c3cnc(OCC4CCC4)cn3)c2)cc1. The first-order valence-corrected chi connectivity index (χ1v) is 12.5. The Morgan fingerprint density at radius 2 is 1.85 bits per heavy atom. The Labute approximate surface area is 193 Å². The van der Waals surface area contributed by atoms with Crippen LogP contribution in [0.1, 0.15) is 35.2 Å². The van der Waals surface area contributed by atoms with E-state index >= 15 is 0 Å². The lowest BCUT2D eigenvalue weighted by molar-refractivity contribution is 0.0981. The number of hydrogen-bond donors (Lipinski definition) is 1. The van der Waals surface area contributed by atoms with Crippen molar-refractivity contribution < 1.29 is 22.7 Å². The van der Waals surface area contributed by atoms with Gasteiger partial charge in [0.25, 0.3) is 5.91 Å². The Morgan fingerprint density at radius 3 is 2.48 bits per heavy atom. The van der Waals surface area contributed by atoms with Gasteiger partial charge in [0.05, 0.1) is 31.0 Å². The van der Waals surface area contributed by atoms with Gasteiger partial charge in [0.1, 0.15) is 12.4 Å². The van der Waals surface area contributed by atoms with Crippen molar-refractivity contribution in [2.75, 3.05) is 12.9 Å². The summed E-state index contributed by atoms with van der Waals surface area (Å²) in [5.74, 6) is 1.17. The van der Waals surface area contributed by atoms with Gasteiger partial charge in [0.15, 0.2) is 0 Å². The van der Waals surface area contributed by atoms with Gasteiger partial charge >= 0.3 is 0 Å². The van der Waals surface area contributed by atoms with Gasteiger partial charge in [-0.05, 0) is 48.6 Å². The third-order valence-electron chi connectivity index (χ3n) is 5.35. The van der Waals surface area contributed by atoms with Crippen LogP contribution in [-0.2, 0) is 16.6 Å². The van der Waals surface area contributed by atoms with E-state index in [-0.39, 0.29) is 12.2 Å². The maximum atomic E-state index is 11.9. The molecule has 1 N–H and O–H groups in total. The van der Waals surface area contributed by atoms with E-state index in [2.05, 4.69) is 9.97 Å². The lowest BCUT2D eigenvalue weighted by Crippen LogP contribution is -2.29. The summed E-state index contributed by atoms with van der Waals surface area (Å²) in [7, 11) is -3.60. The monoisotopic (exact) mass is 467 g/mol. The molecule has 172 valence electrons. The van der Waals surface area contributed by atoms with Crippen molar-refractivity contribution >= 4 is 15.9 Å². The molecule has 8 nitrogen and oxygen atoms in total. The fraction of sp³-hybridized carbons (Fsp3) is 0.292. The number of nitrogens with zero attached hydrogens (tertiary/aromatic N) is 2. The molecule has 1 saturated carbocycles. The molecule has 0 atom stereocenters. The minimum absolute atomic E-state index is 0.254. The predicted molar refractivity (Wildman–Crippen MR) is 123 cm³/mol. The van der Waals surface area contributed by atoms with E-state index in [1.165, 1.54) is 19.3 Å². The van der Waals surface area contributed by atoms with Crippen LogP contribution in [0.15, 0.2) is 60.9 Å². The second kappa shape index (κ2) is 9.99. The summed E-state index contributed by atoms with van der Waals surface area (Å²) in [6.07, 6.45) is 8.00. The molecule has 3 aromatic rings. The normalized spacial score (nSPS) is 13.7. The predicted octanol–water partition coefficient (Wildman–Crippen LogP) is 3.59. The number of carbonyl (C=O) groups excluding carboxylic acids is 1. The summed E-state index contributed by atoms with van der Waals surface area (Å²) in [6, 6.07) is 14.1. The van der Waals surface area contributed by atoms with Crippen LogP contribution in [0.5, 0.6) is 11.6 Å². The molecule has 2 aromatic carbocycles. The van der Waals surface area contributed by atoms with Crippen LogP contribution in [0.4, 0.5) is 0 Å². The van der Waals surface area contributed by atoms with Crippen LogP contribution in [0.25, 0.3) is 11.3 Å². The summed E-state index contributed by atoms with van der Waals surface area (Å²) < 4.78 is 35.9. The number of nitrogens with one attached hydrogen (secondary N) is 1. The molecule has 1 aliphatic rings. The summed E-state index contributed by atoms with van der Waals surface area (Å²) in [6.45, 7) is 0.984. The highest BCUT2D eigenvalue weighted by Crippen LogP contribution is 2.27. The van der Waals surface area contributed by atoms with Gasteiger partial charge in [-0.3, -0.25) is 4.79 Å². The van der Waals surface area contributed by atoms with Gasteiger partial charge in [-0.25, -0.2) is 23.1 Å². The van der Waals surface area contributed by atoms with Gasteiger partial charge in [-0.2, -0.15) is 0 Å². The zero-order valence-corrected chi connectivity index (χ0v) is 19.0. The third-order valence-corrected chi connectivity index (χ3v) is 5.91. The molecule has 0 spiro atoms. The molecule has 0 unspecified atom stereocenters. The van der Waals surface area contributed by atoms with Gasteiger partial charge < -0.3 is 9.47 Å². The van der Waals surface area contributed by atoms with Crippen molar-refractivity contribution in [3.05, 3.63) is 72.1 Å². The molecular formula is C24H25N3O5S. The number of aromatic nitrogens is 2. The lowest BCUT2D eigenvalue weighted by atomic mass is 9.86. The maximum Gasteiger partial charge on any atom is 0.264 e. The number of carbonyl (C=O) groups is 1. The fourth-order valence-corrected chi connectivity index (χ4v) is 3.75. The highest BCUT2D eigenvalue weighted by atomic mass is 32.2. The molecule has 1 amide bonds. The zero-order valence-electron chi connectivity index (χ0n) is 18.2. The first-order chi connectivity index (χ1) is 15.9. The standard InChI is InChI=1S/C24H25N3O5S/c1-33(29,30)27-24(28)19-10-8-18(9-11-19)15-31-21-7-3-6-20(12-21)22-13-26-23(14-25-22)32-16-17-4-2-5-17/h3,6-14,17H,2,4-5,15-16H2,1H3,(H,27,28). The van der Waals surface area contributed by atoms with Crippen LogP contribution in [0.3, 0.4) is 0 Å². The first kappa shape index (κ1) is 22.7. The summed E-state index contributed by atoms with van der Waals surface area (Å²) in [4.78, 5) is 20.7. The van der Waals surface area contributed by atoms with Gasteiger partial charge in [0, 0.05) is 11.1 Å². The van der Waals surface area contributed by atoms with E-state index in [0.717, 1.165) is 23.1 Å². The Balaban J connectivity index is 1.34. The molecule has 1 aliphatic carbocycles. The van der Waals surface area contributed by atoms with Crippen molar-refractivity contribution in [1.29, 1.82) is 0 Å². The third kappa shape index (κ3) is 6.52. The van der Waals surface area contributed by atoms with Crippen molar-refractivity contribution in [2.45, 2.75) is 25.9 Å². The van der Waals surface area contributed by atoms with Crippen LogP contribution in [0.2, 0.25) is 0 Å². The van der Waals surface area contributed by atoms with E-state index < -0.39 is 15.9 Å². The smallest absolute Gasteiger partial charge is 0.264 e. The molecule has 9 heteroatoms. The van der Waals surface area contributed by atoms with E-state index in [4.69, 9.17) is 9.47 Å². The van der Waals surface area contributed by atoms with Crippen molar-refractivity contribution in [3.8, 4) is 22.9 Å². The molecule has 1 aromatic heterocycles. The maximum absolute atomic E-state index is 11.9. The molecule has 0 aliphatic heterocycles. The number of amides is 1. The highest BCUT2D eigenvalue weighted by molar-refractivity contribution is 7.89. The van der Waals surface area contributed by atoms with E-state index in [1.54, 1.807) is 36.7 Å². The fourth-order valence-electron chi connectivity index (χ4n) is 3.29. The van der Waals surface area contributed by atoms with Crippen molar-refractivity contribution in [1.82, 2.24) is 14.7 Å². The average molecular weight is 468 g/mol. The second-order valence-electron chi connectivity index (χ2n) is 8.06. The number of sulfonamides is 1. The van der Waals surface area contributed by atoms with E-state index in [9.17, 15) is 13.2 Å². The van der Waals surface area contributed by atoms with Crippen LogP contribution >= 0.6 is 0 Å². The topological polar surface area (TPSA) is 107 Å². The molecule has 33 heavy (non-hydrogen) atoms. The molecule has 4 rings (SSSR count). The summed E-state index contributed by atoms with van der Waals surface area (Å²) in [5.41, 5.74) is 2.69. The Hall–Kier alpha value is -3.46. The molecule has 0 saturated heterocycles. The molecule has 0 radical (unpaired) electrons. The minimum Gasteiger partial charge on any atom is -0.489 e. The average Bonchev–Trinajstić information content (AvgIpc) is 2.76. The Kier molecular flexibility index (Phi) is 6.88. The molecule has 0 bridgehead atoms. The van der Waals surface area contributed by atoms with Crippen molar-refractivity contribution in [3.63, 3.8) is 0 Å². The summed E-state index contributed by atoms with van der Waals surface area (Å²) >= 11 is 0. The number of rotatable bonds is 9. The Morgan fingerprint density at radius 1 is 1.06 bits per heavy atom. The minimum atomic E-state index is -3.60. The van der Waals surface area contributed by atoms with Gasteiger partial charge in [-0.15, -0.1) is 0 Å². The second-order valence-corrected chi connectivity index (χ2v) is 9.81. The van der Waals surface area contributed by atoms with E-state index in [1.807, 2.05) is 29.0 Å². The number of ether oxygens (including phenoxy) is 2. The Bertz CT molecular complexity index is 1210. The first-order valence-electron chi connectivity index (χ1n) is 10.6. The summed E-state index contributed by atoms with van der Waals surface area (Å²) in [5, 5.41) is 0. The molecule has 1 fully saturated rings. The molecular weight excluding hydrogens is 442 g/mol.